The molecule has 0 fully saturated rings. The van der Waals surface area contributed by atoms with E-state index in [0.717, 1.165) is 28.1 Å². The Morgan fingerprint density at radius 3 is 2.31 bits per heavy atom. The molecule has 2 aromatic heterocycles. The van der Waals surface area contributed by atoms with Crippen LogP contribution in [0.1, 0.15) is 13.1 Å². The first-order chi connectivity index (χ1) is 19.3. The zero-order valence-corrected chi connectivity index (χ0v) is 21.5. The van der Waals surface area contributed by atoms with Crippen LogP contribution >= 0.6 is 0 Å². The lowest BCUT2D eigenvalue weighted by Crippen LogP contribution is -2.25. The summed E-state index contributed by atoms with van der Waals surface area (Å²) in [6.45, 7) is 2.20. The van der Waals surface area contributed by atoms with Crippen LogP contribution in [0.25, 0.3) is 44.2 Å². The molecule has 4 heteroatoms. The molecule has 0 amide bonds. The van der Waals surface area contributed by atoms with Crippen LogP contribution in [0, 0.1) is 0 Å². The minimum Gasteiger partial charge on any atom is -0.368 e. The second-order valence-corrected chi connectivity index (χ2v) is 10.2. The molecule has 0 bridgehead atoms. The van der Waals surface area contributed by atoms with Crippen molar-refractivity contribution in [1.29, 1.82) is 0 Å². The molecule has 6 aromatic rings. The highest BCUT2D eigenvalue weighted by atomic mass is 15.2. The molecule has 186 valence electrons. The molecule has 4 nitrogen and oxygen atoms in total. The Balaban J connectivity index is 1.51. The number of para-hydroxylation sites is 4. The van der Waals surface area contributed by atoms with E-state index in [1.807, 2.05) is 6.20 Å². The molecule has 39 heavy (non-hydrogen) atoms. The van der Waals surface area contributed by atoms with Crippen molar-refractivity contribution in [2.75, 3.05) is 4.90 Å². The summed E-state index contributed by atoms with van der Waals surface area (Å²) in [4.78, 5) is 7.49. The molecule has 2 aliphatic heterocycles. The molecule has 8 rings (SSSR count). The maximum absolute atomic E-state index is 5.16. The summed E-state index contributed by atoms with van der Waals surface area (Å²) in [6.07, 6.45) is 6.33. The van der Waals surface area contributed by atoms with E-state index in [0.29, 0.717) is 0 Å². The van der Waals surface area contributed by atoms with Gasteiger partial charge >= 0.3 is 0 Å². The maximum Gasteiger partial charge on any atom is 0.138 e. The highest BCUT2D eigenvalue weighted by Gasteiger charge is 2.33. The first-order valence-electron chi connectivity index (χ1n) is 13.4. The zero-order chi connectivity index (χ0) is 25.9. The Morgan fingerprint density at radius 1 is 0.718 bits per heavy atom. The molecule has 0 aliphatic carbocycles. The molecule has 4 aromatic carbocycles. The predicted octanol–water partition coefficient (Wildman–Crippen LogP) is 8.87. The lowest BCUT2D eigenvalue weighted by molar-refractivity contribution is 0.537. The largest absolute Gasteiger partial charge is 0.368 e. The third-order valence-electron chi connectivity index (χ3n) is 7.94. The van der Waals surface area contributed by atoms with E-state index in [1.165, 1.54) is 38.9 Å². The number of aromatic nitrogens is 2. The van der Waals surface area contributed by atoms with Crippen molar-refractivity contribution in [1.82, 2.24) is 14.9 Å². The van der Waals surface area contributed by atoms with Crippen LogP contribution in [-0.4, -0.2) is 9.55 Å². The van der Waals surface area contributed by atoms with Crippen molar-refractivity contribution < 1.29 is 0 Å². The summed E-state index contributed by atoms with van der Waals surface area (Å²) >= 11 is 0. The minimum absolute atomic E-state index is 0.00853. The Bertz CT molecular complexity index is 1980. The molecule has 4 heterocycles. The normalized spacial score (nSPS) is 15.8. The third kappa shape index (κ3) is 3.21. The van der Waals surface area contributed by atoms with Gasteiger partial charge in [0.15, 0.2) is 0 Å². The fraction of sp³-hybridized carbons (Fsp3) is 0.0571. The SMILES string of the molecule is CC1=CC=CNC1n1c2c(c3ccccc31)-c1ccccc1N(c1ccc3ccccc3n1)c1ccccc1-2. The summed E-state index contributed by atoms with van der Waals surface area (Å²) in [7, 11) is 0. The maximum atomic E-state index is 5.16. The number of anilines is 3. The highest BCUT2D eigenvalue weighted by Crippen LogP contribution is 2.54. The third-order valence-corrected chi connectivity index (χ3v) is 7.94. The predicted molar refractivity (Wildman–Crippen MR) is 161 cm³/mol. The Morgan fingerprint density at radius 2 is 1.44 bits per heavy atom. The van der Waals surface area contributed by atoms with Gasteiger partial charge in [-0.2, -0.15) is 0 Å². The van der Waals surface area contributed by atoms with Crippen molar-refractivity contribution in [2.45, 2.75) is 13.1 Å². The lowest BCUT2D eigenvalue weighted by atomic mass is 9.98. The fourth-order valence-corrected chi connectivity index (χ4v) is 6.22. The van der Waals surface area contributed by atoms with Crippen molar-refractivity contribution in [3.63, 3.8) is 0 Å². The van der Waals surface area contributed by atoms with Gasteiger partial charge in [-0.25, -0.2) is 4.98 Å². The highest BCUT2D eigenvalue weighted by molar-refractivity contribution is 6.12. The van der Waals surface area contributed by atoms with Gasteiger partial charge in [0.25, 0.3) is 0 Å². The van der Waals surface area contributed by atoms with Gasteiger partial charge in [-0.15, -0.1) is 0 Å². The van der Waals surface area contributed by atoms with Gasteiger partial charge in [-0.05, 0) is 61.2 Å². The van der Waals surface area contributed by atoms with Crippen molar-refractivity contribution in [3.8, 4) is 22.4 Å². The van der Waals surface area contributed by atoms with E-state index in [4.69, 9.17) is 4.98 Å². The number of hydrogen-bond donors (Lipinski definition) is 1. The lowest BCUT2D eigenvalue weighted by Gasteiger charge is -2.28. The van der Waals surface area contributed by atoms with Gasteiger partial charge < -0.3 is 9.88 Å². The Hall–Kier alpha value is -5.09. The first-order valence-corrected chi connectivity index (χ1v) is 13.4. The molecule has 1 unspecified atom stereocenters. The van der Waals surface area contributed by atoms with E-state index in [-0.39, 0.29) is 6.17 Å². The second kappa shape index (κ2) is 8.47. The van der Waals surface area contributed by atoms with Crippen LogP contribution in [0.15, 0.2) is 133 Å². The standard InChI is InChI=1S/C35H26N4/c1-23-11-10-22-36-35(23)39-30-18-8-4-14-26(30)33-25-13-3-7-17-29(25)38(31-19-9-5-15-27(31)34(33)39)32-21-20-24-12-2-6-16-28(24)37-32/h2-22,35-36H,1H3. The molecule has 1 N–H and O–H groups in total. The van der Waals surface area contributed by atoms with Gasteiger partial charge in [-0.1, -0.05) is 78.9 Å². The topological polar surface area (TPSA) is 33.1 Å². The van der Waals surface area contributed by atoms with E-state index in [1.54, 1.807) is 0 Å². The molecular formula is C35H26N4. The van der Waals surface area contributed by atoms with Crippen LogP contribution in [0.5, 0.6) is 0 Å². The average molecular weight is 503 g/mol. The van der Waals surface area contributed by atoms with Gasteiger partial charge in [0.1, 0.15) is 12.0 Å². The molecule has 0 saturated carbocycles. The number of hydrogen-bond acceptors (Lipinski definition) is 3. The van der Waals surface area contributed by atoms with Crippen LogP contribution in [-0.2, 0) is 0 Å². The van der Waals surface area contributed by atoms with E-state index in [9.17, 15) is 0 Å². The summed E-state index contributed by atoms with van der Waals surface area (Å²) in [5.74, 6) is 0.907. The number of benzene rings is 4. The van der Waals surface area contributed by atoms with Crippen molar-refractivity contribution in [2.24, 2.45) is 0 Å². The van der Waals surface area contributed by atoms with E-state index < -0.39 is 0 Å². The summed E-state index contributed by atoms with van der Waals surface area (Å²) in [6, 6.07) is 38.9. The summed E-state index contributed by atoms with van der Waals surface area (Å²) in [5, 5.41) is 6.02. The number of fused-ring (bicyclic) bond motifs is 8. The Kier molecular flexibility index (Phi) is 4.76. The minimum atomic E-state index is 0.00853. The number of nitrogens with one attached hydrogen (secondary N) is 1. The number of dihydropyridines is 1. The van der Waals surface area contributed by atoms with Crippen LogP contribution in [0.4, 0.5) is 17.2 Å². The van der Waals surface area contributed by atoms with Crippen LogP contribution in [0.3, 0.4) is 0 Å². The molecule has 2 aliphatic rings. The quantitative estimate of drug-likeness (QED) is 0.256. The van der Waals surface area contributed by atoms with Crippen LogP contribution < -0.4 is 10.2 Å². The van der Waals surface area contributed by atoms with E-state index in [2.05, 4.69) is 143 Å². The van der Waals surface area contributed by atoms with Gasteiger partial charge in [0.2, 0.25) is 0 Å². The monoisotopic (exact) mass is 502 g/mol. The molecule has 1 atom stereocenters. The fourth-order valence-electron chi connectivity index (χ4n) is 6.22. The zero-order valence-electron chi connectivity index (χ0n) is 21.5. The first kappa shape index (κ1) is 21.9. The average Bonchev–Trinajstić information content (AvgIpc) is 3.26. The number of nitrogens with zero attached hydrogens (tertiary/aromatic N) is 3. The number of rotatable bonds is 2. The molecule has 0 radical (unpaired) electrons. The number of pyridine rings is 1. The molecule has 0 spiro atoms. The summed E-state index contributed by atoms with van der Waals surface area (Å²) in [5.41, 5.74) is 10.5. The Labute approximate surface area is 227 Å². The molecular weight excluding hydrogens is 476 g/mol. The van der Waals surface area contributed by atoms with Crippen molar-refractivity contribution >= 4 is 39.0 Å². The van der Waals surface area contributed by atoms with Gasteiger partial charge in [0, 0.05) is 27.5 Å². The van der Waals surface area contributed by atoms with Gasteiger partial charge in [0.05, 0.1) is 28.1 Å². The second-order valence-electron chi connectivity index (χ2n) is 10.2. The number of allylic oxidation sites excluding steroid dienone is 2. The van der Waals surface area contributed by atoms with Crippen molar-refractivity contribution in [3.05, 3.63) is 133 Å². The molecule has 0 saturated heterocycles. The smallest absolute Gasteiger partial charge is 0.138 e. The summed E-state index contributed by atoms with van der Waals surface area (Å²) < 4.78 is 2.48. The van der Waals surface area contributed by atoms with E-state index >= 15 is 0 Å². The van der Waals surface area contributed by atoms with Crippen LogP contribution in [0.2, 0.25) is 0 Å². The van der Waals surface area contributed by atoms with Gasteiger partial charge in [-0.3, -0.25) is 4.90 Å².